The molecule has 0 radical (unpaired) electrons. The first-order chi connectivity index (χ1) is 7.51. The molecule has 92 valence electrons. The third kappa shape index (κ3) is 3.03. The smallest absolute Gasteiger partial charge is 0.257 e. The minimum Gasteiger partial charge on any atom is -0.321 e. The summed E-state index contributed by atoms with van der Waals surface area (Å²) in [4.78, 5) is 3.83. The molecular formula is C9H18N4O2S. The molecule has 2 N–H and O–H groups in total. The van der Waals surface area contributed by atoms with Gasteiger partial charge < -0.3 is 9.88 Å². The summed E-state index contributed by atoms with van der Waals surface area (Å²) in [6.45, 7) is 4.71. The molecule has 1 heterocycles. The SMILES string of the molecule is CCn1cncc1S(=O)(=O)NCC(C)NC. The Labute approximate surface area is 96.1 Å². The van der Waals surface area contributed by atoms with Gasteiger partial charge in [0.1, 0.15) is 0 Å². The molecule has 16 heavy (non-hydrogen) atoms. The number of aryl methyl sites for hydroxylation is 1. The van der Waals surface area contributed by atoms with Gasteiger partial charge >= 0.3 is 0 Å². The first-order valence-corrected chi connectivity index (χ1v) is 6.66. The average Bonchev–Trinajstić information content (AvgIpc) is 2.74. The lowest BCUT2D eigenvalue weighted by Crippen LogP contribution is -2.37. The summed E-state index contributed by atoms with van der Waals surface area (Å²) >= 11 is 0. The van der Waals surface area contributed by atoms with Gasteiger partial charge in [-0.1, -0.05) is 0 Å². The van der Waals surface area contributed by atoms with E-state index in [-0.39, 0.29) is 11.1 Å². The van der Waals surface area contributed by atoms with E-state index in [0.29, 0.717) is 13.1 Å². The number of likely N-dealkylation sites (N-methyl/N-ethyl adjacent to an activating group) is 1. The Hall–Kier alpha value is -0.920. The number of imidazole rings is 1. The molecule has 0 aliphatic heterocycles. The highest BCUT2D eigenvalue weighted by molar-refractivity contribution is 7.89. The van der Waals surface area contributed by atoms with Crippen molar-refractivity contribution < 1.29 is 8.42 Å². The number of aromatic nitrogens is 2. The lowest BCUT2D eigenvalue weighted by molar-refractivity contribution is 0.543. The zero-order valence-electron chi connectivity index (χ0n) is 9.77. The summed E-state index contributed by atoms with van der Waals surface area (Å²) in [5.41, 5.74) is 0. The van der Waals surface area contributed by atoms with Crippen LogP contribution in [-0.2, 0) is 16.6 Å². The van der Waals surface area contributed by atoms with Crippen molar-refractivity contribution >= 4 is 10.0 Å². The molecule has 1 unspecified atom stereocenters. The maximum atomic E-state index is 11.9. The summed E-state index contributed by atoms with van der Waals surface area (Å²) in [7, 11) is -1.67. The Morgan fingerprint density at radius 2 is 2.25 bits per heavy atom. The van der Waals surface area contributed by atoms with Gasteiger partial charge in [-0.3, -0.25) is 0 Å². The van der Waals surface area contributed by atoms with E-state index in [4.69, 9.17) is 0 Å². The third-order valence-corrected chi connectivity index (χ3v) is 3.80. The zero-order chi connectivity index (χ0) is 12.2. The molecule has 0 spiro atoms. The van der Waals surface area contributed by atoms with Crippen LogP contribution < -0.4 is 10.0 Å². The van der Waals surface area contributed by atoms with E-state index in [1.54, 1.807) is 11.6 Å². The predicted octanol–water partition coefficient (Wildman–Crippen LogP) is -0.211. The van der Waals surface area contributed by atoms with Gasteiger partial charge in [0, 0.05) is 19.1 Å². The van der Waals surface area contributed by atoms with Crippen LogP contribution in [0.15, 0.2) is 17.6 Å². The van der Waals surface area contributed by atoms with Crippen molar-refractivity contribution in [2.75, 3.05) is 13.6 Å². The first-order valence-electron chi connectivity index (χ1n) is 5.18. The van der Waals surface area contributed by atoms with Crippen LogP contribution >= 0.6 is 0 Å². The molecule has 0 aliphatic rings. The molecule has 6 nitrogen and oxygen atoms in total. The fraction of sp³-hybridized carbons (Fsp3) is 0.667. The molecule has 0 aliphatic carbocycles. The Morgan fingerprint density at radius 3 is 2.81 bits per heavy atom. The van der Waals surface area contributed by atoms with Crippen LogP contribution in [0.4, 0.5) is 0 Å². The van der Waals surface area contributed by atoms with Gasteiger partial charge in [-0.15, -0.1) is 0 Å². The lowest BCUT2D eigenvalue weighted by Gasteiger charge is -2.12. The van der Waals surface area contributed by atoms with Gasteiger partial charge in [-0.05, 0) is 20.9 Å². The zero-order valence-corrected chi connectivity index (χ0v) is 10.6. The second-order valence-corrected chi connectivity index (χ2v) is 5.27. The van der Waals surface area contributed by atoms with Gasteiger partial charge in [0.2, 0.25) is 0 Å². The van der Waals surface area contributed by atoms with Crippen LogP contribution in [0.3, 0.4) is 0 Å². The van der Waals surface area contributed by atoms with Crippen molar-refractivity contribution in [3.8, 4) is 0 Å². The van der Waals surface area contributed by atoms with Crippen molar-refractivity contribution in [2.45, 2.75) is 31.5 Å². The molecule has 7 heteroatoms. The molecule has 0 bridgehead atoms. The van der Waals surface area contributed by atoms with Crippen LogP contribution in [0, 0.1) is 0 Å². The fourth-order valence-corrected chi connectivity index (χ4v) is 2.48. The number of sulfonamides is 1. The number of rotatable bonds is 6. The summed E-state index contributed by atoms with van der Waals surface area (Å²) < 4.78 is 27.9. The quantitative estimate of drug-likeness (QED) is 0.728. The molecule has 0 fully saturated rings. The Kier molecular flexibility index (Phi) is 4.45. The van der Waals surface area contributed by atoms with E-state index in [2.05, 4.69) is 15.0 Å². The maximum absolute atomic E-state index is 11.9. The topological polar surface area (TPSA) is 76.0 Å². The Bertz CT molecular complexity index is 426. The van der Waals surface area contributed by atoms with Crippen LogP contribution in [0.5, 0.6) is 0 Å². The van der Waals surface area contributed by atoms with Crippen molar-refractivity contribution in [3.05, 3.63) is 12.5 Å². The number of hydrogen-bond acceptors (Lipinski definition) is 4. The van der Waals surface area contributed by atoms with Gasteiger partial charge in [-0.2, -0.15) is 0 Å². The molecule has 1 rings (SSSR count). The standard InChI is InChI=1S/C9H18N4O2S/c1-4-13-7-11-6-9(13)16(14,15)12-5-8(2)10-3/h6-8,10,12H,4-5H2,1-3H3. The van der Waals surface area contributed by atoms with E-state index < -0.39 is 10.0 Å². The van der Waals surface area contributed by atoms with Crippen molar-refractivity contribution in [1.82, 2.24) is 19.6 Å². The molecule has 0 saturated heterocycles. The third-order valence-electron chi connectivity index (χ3n) is 2.36. The molecule has 0 amide bonds. The normalized spacial score (nSPS) is 13.9. The number of nitrogens with zero attached hydrogens (tertiary/aromatic N) is 2. The first kappa shape index (κ1) is 13.1. The monoisotopic (exact) mass is 246 g/mol. The summed E-state index contributed by atoms with van der Waals surface area (Å²) in [6, 6.07) is 0.0905. The van der Waals surface area contributed by atoms with Gasteiger partial charge in [0.25, 0.3) is 10.0 Å². The minimum atomic E-state index is -3.45. The average molecular weight is 246 g/mol. The molecular weight excluding hydrogens is 228 g/mol. The molecule has 1 aromatic heterocycles. The van der Waals surface area contributed by atoms with Crippen LogP contribution in [0.1, 0.15) is 13.8 Å². The number of hydrogen-bond donors (Lipinski definition) is 2. The predicted molar refractivity (Wildman–Crippen MR) is 61.6 cm³/mol. The summed E-state index contributed by atoms with van der Waals surface area (Å²) in [6.07, 6.45) is 2.87. The van der Waals surface area contributed by atoms with E-state index in [1.165, 1.54) is 12.5 Å². The largest absolute Gasteiger partial charge is 0.321 e. The van der Waals surface area contributed by atoms with Crippen molar-refractivity contribution in [3.63, 3.8) is 0 Å². The Morgan fingerprint density at radius 1 is 1.56 bits per heavy atom. The van der Waals surface area contributed by atoms with E-state index in [0.717, 1.165) is 0 Å². The van der Waals surface area contributed by atoms with E-state index >= 15 is 0 Å². The van der Waals surface area contributed by atoms with Gasteiger partial charge in [0.15, 0.2) is 5.03 Å². The number of nitrogens with one attached hydrogen (secondary N) is 2. The maximum Gasteiger partial charge on any atom is 0.257 e. The fourth-order valence-electron chi connectivity index (χ4n) is 1.18. The van der Waals surface area contributed by atoms with Crippen LogP contribution in [0.25, 0.3) is 0 Å². The highest BCUT2D eigenvalue weighted by Crippen LogP contribution is 2.07. The van der Waals surface area contributed by atoms with Crippen molar-refractivity contribution in [1.29, 1.82) is 0 Å². The van der Waals surface area contributed by atoms with E-state index in [1.807, 2.05) is 13.8 Å². The molecule has 1 atom stereocenters. The molecule has 1 aromatic rings. The highest BCUT2D eigenvalue weighted by Gasteiger charge is 2.18. The second-order valence-electron chi connectivity index (χ2n) is 3.56. The second kappa shape index (κ2) is 5.42. The van der Waals surface area contributed by atoms with Crippen LogP contribution in [0.2, 0.25) is 0 Å². The van der Waals surface area contributed by atoms with Gasteiger partial charge in [0.05, 0.1) is 12.5 Å². The van der Waals surface area contributed by atoms with E-state index in [9.17, 15) is 8.42 Å². The summed E-state index contributed by atoms with van der Waals surface area (Å²) in [5.74, 6) is 0. The summed E-state index contributed by atoms with van der Waals surface area (Å²) in [5, 5.41) is 3.17. The van der Waals surface area contributed by atoms with Crippen molar-refractivity contribution in [2.24, 2.45) is 0 Å². The molecule has 0 saturated carbocycles. The highest BCUT2D eigenvalue weighted by atomic mass is 32.2. The lowest BCUT2D eigenvalue weighted by atomic mass is 10.4. The molecule has 0 aromatic carbocycles. The Balaban J connectivity index is 2.78. The van der Waals surface area contributed by atoms with Gasteiger partial charge in [-0.25, -0.2) is 18.1 Å². The van der Waals surface area contributed by atoms with Crippen LogP contribution in [-0.4, -0.2) is 37.6 Å². The minimum absolute atomic E-state index is 0.0905.